The molecule has 3 aliphatic rings. The van der Waals surface area contributed by atoms with Crippen molar-refractivity contribution < 1.29 is 9.59 Å². The first-order chi connectivity index (χ1) is 12.1. The van der Waals surface area contributed by atoms with Crippen LogP contribution in [0.2, 0.25) is 0 Å². The van der Waals surface area contributed by atoms with Crippen LogP contribution in [0.25, 0.3) is 5.65 Å². The van der Waals surface area contributed by atoms with Gasteiger partial charge in [-0.3, -0.25) is 9.59 Å². The van der Waals surface area contributed by atoms with Crippen LogP contribution >= 0.6 is 0 Å². The van der Waals surface area contributed by atoms with E-state index in [1.807, 2.05) is 28.6 Å². The molecule has 2 bridgehead atoms. The van der Waals surface area contributed by atoms with Crippen LogP contribution in [-0.2, 0) is 16.0 Å². The van der Waals surface area contributed by atoms with Gasteiger partial charge in [-0.2, -0.15) is 5.10 Å². The Bertz CT molecular complexity index is 889. The SMILES string of the molecule is Cc1cc2ncc3c(n2n1)C[C@@H]1CC[C@@H]3N1C(=O)CN1CCCC1=O. The van der Waals surface area contributed by atoms with E-state index in [0.29, 0.717) is 13.0 Å². The number of carbonyl (C=O) groups excluding carboxylic acids is 2. The zero-order valence-corrected chi connectivity index (χ0v) is 14.3. The van der Waals surface area contributed by atoms with Crippen LogP contribution in [0.4, 0.5) is 0 Å². The summed E-state index contributed by atoms with van der Waals surface area (Å²) in [5.74, 6) is 0.179. The van der Waals surface area contributed by atoms with Gasteiger partial charge >= 0.3 is 0 Å². The van der Waals surface area contributed by atoms with Crippen LogP contribution in [0.5, 0.6) is 0 Å². The molecule has 2 atom stereocenters. The second-order valence-corrected chi connectivity index (χ2v) is 7.39. The molecule has 5 heterocycles. The van der Waals surface area contributed by atoms with Crippen molar-refractivity contribution in [1.82, 2.24) is 24.4 Å². The lowest BCUT2D eigenvalue weighted by Gasteiger charge is -2.37. The van der Waals surface area contributed by atoms with E-state index in [2.05, 4.69) is 10.1 Å². The molecular weight excluding hydrogens is 318 g/mol. The van der Waals surface area contributed by atoms with E-state index in [4.69, 9.17) is 0 Å². The number of carbonyl (C=O) groups is 2. The summed E-state index contributed by atoms with van der Waals surface area (Å²) in [7, 11) is 0. The third-order valence-corrected chi connectivity index (χ3v) is 5.81. The Balaban J connectivity index is 1.48. The monoisotopic (exact) mass is 339 g/mol. The third-order valence-electron chi connectivity index (χ3n) is 5.81. The first-order valence-corrected chi connectivity index (χ1v) is 9.05. The van der Waals surface area contributed by atoms with E-state index >= 15 is 0 Å². The second-order valence-electron chi connectivity index (χ2n) is 7.39. The summed E-state index contributed by atoms with van der Waals surface area (Å²) in [5, 5.41) is 4.58. The molecule has 2 aromatic heterocycles. The number of aromatic nitrogens is 3. The molecule has 5 rings (SSSR count). The van der Waals surface area contributed by atoms with Crippen molar-refractivity contribution in [1.29, 1.82) is 0 Å². The van der Waals surface area contributed by atoms with Crippen molar-refractivity contribution in [3.05, 3.63) is 29.2 Å². The van der Waals surface area contributed by atoms with Crippen molar-refractivity contribution in [3.8, 4) is 0 Å². The number of fused-ring (bicyclic) bond motifs is 6. The largest absolute Gasteiger partial charge is 0.333 e. The highest BCUT2D eigenvalue weighted by Crippen LogP contribution is 2.43. The predicted octanol–water partition coefficient (Wildman–Crippen LogP) is 1.25. The number of aryl methyl sites for hydroxylation is 1. The number of hydrogen-bond donors (Lipinski definition) is 0. The zero-order valence-electron chi connectivity index (χ0n) is 14.3. The molecule has 0 unspecified atom stereocenters. The number of hydrogen-bond acceptors (Lipinski definition) is 4. The topological polar surface area (TPSA) is 70.8 Å². The highest BCUT2D eigenvalue weighted by Gasteiger charge is 2.44. The van der Waals surface area contributed by atoms with Crippen LogP contribution in [0, 0.1) is 6.92 Å². The molecule has 3 aliphatic heterocycles. The summed E-state index contributed by atoms with van der Waals surface area (Å²) in [6.07, 6.45) is 6.13. The van der Waals surface area contributed by atoms with Gasteiger partial charge in [-0.1, -0.05) is 0 Å². The zero-order chi connectivity index (χ0) is 17.1. The maximum Gasteiger partial charge on any atom is 0.242 e. The van der Waals surface area contributed by atoms with Gasteiger partial charge in [-0.15, -0.1) is 0 Å². The second kappa shape index (κ2) is 5.28. The molecule has 25 heavy (non-hydrogen) atoms. The van der Waals surface area contributed by atoms with Gasteiger partial charge < -0.3 is 9.80 Å². The minimum absolute atomic E-state index is 0.0698. The van der Waals surface area contributed by atoms with E-state index in [9.17, 15) is 9.59 Å². The number of likely N-dealkylation sites (tertiary alicyclic amines) is 1. The molecule has 0 radical (unpaired) electrons. The van der Waals surface area contributed by atoms with Gasteiger partial charge in [0.15, 0.2) is 5.65 Å². The van der Waals surface area contributed by atoms with Gasteiger partial charge in [0.05, 0.1) is 24.0 Å². The normalized spacial score (nSPS) is 25.1. The summed E-state index contributed by atoms with van der Waals surface area (Å²) >= 11 is 0. The molecule has 2 fully saturated rings. The van der Waals surface area contributed by atoms with Crippen molar-refractivity contribution in [2.45, 2.75) is 51.1 Å². The fourth-order valence-electron chi connectivity index (χ4n) is 4.70. The molecule has 7 heteroatoms. The van der Waals surface area contributed by atoms with Crippen LogP contribution < -0.4 is 0 Å². The Labute approximate surface area is 145 Å². The van der Waals surface area contributed by atoms with Crippen molar-refractivity contribution in [2.24, 2.45) is 0 Å². The van der Waals surface area contributed by atoms with Crippen LogP contribution in [0.15, 0.2) is 12.3 Å². The van der Waals surface area contributed by atoms with Crippen molar-refractivity contribution in [3.63, 3.8) is 0 Å². The summed E-state index contributed by atoms with van der Waals surface area (Å²) in [5.41, 5.74) is 4.13. The molecule has 0 aromatic carbocycles. The van der Waals surface area contributed by atoms with Gasteiger partial charge in [0.1, 0.15) is 0 Å². The maximum absolute atomic E-state index is 12.9. The van der Waals surface area contributed by atoms with Gasteiger partial charge in [-0.05, 0) is 26.2 Å². The van der Waals surface area contributed by atoms with Crippen LogP contribution in [-0.4, -0.2) is 55.3 Å². The van der Waals surface area contributed by atoms with Gasteiger partial charge in [-0.25, -0.2) is 9.50 Å². The molecule has 130 valence electrons. The molecule has 2 aromatic rings. The van der Waals surface area contributed by atoms with Gasteiger partial charge in [0, 0.05) is 43.3 Å². The Hall–Kier alpha value is -2.44. The molecule has 0 aliphatic carbocycles. The Kier molecular flexibility index (Phi) is 3.14. The van der Waals surface area contributed by atoms with Crippen LogP contribution in [0.1, 0.15) is 48.7 Å². The number of nitrogens with zero attached hydrogens (tertiary/aromatic N) is 5. The predicted molar refractivity (Wildman–Crippen MR) is 89.9 cm³/mol. The summed E-state index contributed by atoms with van der Waals surface area (Å²) < 4.78 is 1.95. The van der Waals surface area contributed by atoms with E-state index in [0.717, 1.165) is 42.6 Å². The quantitative estimate of drug-likeness (QED) is 0.826. The molecule has 2 amide bonds. The molecule has 0 saturated carbocycles. The number of rotatable bonds is 2. The third kappa shape index (κ3) is 2.18. The first-order valence-electron chi connectivity index (χ1n) is 9.05. The lowest BCUT2D eigenvalue weighted by molar-refractivity contribution is -0.140. The minimum Gasteiger partial charge on any atom is -0.333 e. The lowest BCUT2D eigenvalue weighted by atomic mass is 9.99. The fraction of sp³-hybridized carbons (Fsp3) is 0.556. The van der Waals surface area contributed by atoms with Gasteiger partial charge in [0.2, 0.25) is 11.8 Å². The number of amides is 2. The Morgan fingerprint density at radius 2 is 2.24 bits per heavy atom. The fourth-order valence-corrected chi connectivity index (χ4v) is 4.70. The van der Waals surface area contributed by atoms with E-state index in [1.54, 1.807) is 4.90 Å². The highest BCUT2D eigenvalue weighted by molar-refractivity contribution is 5.86. The smallest absolute Gasteiger partial charge is 0.242 e. The van der Waals surface area contributed by atoms with Crippen molar-refractivity contribution in [2.75, 3.05) is 13.1 Å². The lowest BCUT2D eigenvalue weighted by Crippen LogP contribution is -2.47. The van der Waals surface area contributed by atoms with Crippen LogP contribution in [0.3, 0.4) is 0 Å². The first kappa shape index (κ1) is 14.9. The van der Waals surface area contributed by atoms with E-state index < -0.39 is 0 Å². The van der Waals surface area contributed by atoms with E-state index in [1.165, 1.54) is 5.69 Å². The molecular formula is C18H21N5O2. The average molecular weight is 339 g/mol. The van der Waals surface area contributed by atoms with Gasteiger partial charge in [0.25, 0.3) is 0 Å². The average Bonchev–Trinajstić information content (AvgIpc) is 3.25. The summed E-state index contributed by atoms with van der Waals surface area (Å²) in [4.78, 5) is 33.0. The van der Waals surface area contributed by atoms with Crippen molar-refractivity contribution >= 4 is 17.5 Å². The highest BCUT2D eigenvalue weighted by atomic mass is 16.2. The summed E-state index contributed by atoms with van der Waals surface area (Å²) in [6, 6.07) is 2.26. The Morgan fingerprint density at radius 3 is 3.04 bits per heavy atom. The minimum atomic E-state index is 0.0698. The summed E-state index contributed by atoms with van der Waals surface area (Å²) in [6.45, 7) is 2.90. The molecule has 7 nitrogen and oxygen atoms in total. The molecule has 0 spiro atoms. The molecule has 0 N–H and O–H groups in total. The standard InChI is InChI=1S/C18H21N5O2/c1-11-7-16-19-9-13-14-5-4-12(8-15(13)23(16)20-11)22(14)18(25)10-21-6-2-3-17(21)24/h7,9,12,14H,2-6,8,10H2,1H3/t12-,14-/m0/s1. The molecule has 2 saturated heterocycles. The Morgan fingerprint density at radius 1 is 1.36 bits per heavy atom. The maximum atomic E-state index is 12.9. The van der Waals surface area contributed by atoms with E-state index in [-0.39, 0.29) is 30.4 Å².